The van der Waals surface area contributed by atoms with Crippen molar-refractivity contribution < 1.29 is 9.53 Å². The largest absolute Gasteiger partial charge is 0.382 e. The van der Waals surface area contributed by atoms with Gasteiger partial charge < -0.3 is 9.64 Å². The van der Waals surface area contributed by atoms with Crippen LogP contribution in [0.3, 0.4) is 0 Å². The van der Waals surface area contributed by atoms with Gasteiger partial charge in [0.25, 0.3) is 11.5 Å². The number of pyridine rings is 2. The Hall–Kier alpha value is -3.06. The molecule has 0 bridgehead atoms. The first-order valence-corrected chi connectivity index (χ1v) is 7.77. The van der Waals surface area contributed by atoms with E-state index in [9.17, 15) is 9.59 Å². The molecule has 1 atom stereocenters. The number of hydrogen-bond donors (Lipinski definition) is 0. The molecule has 0 unspecified atom stereocenters. The van der Waals surface area contributed by atoms with Crippen molar-refractivity contribution in [2.24, 2.45) is 0 Å². The number of aromatic nitrogens is 3. The van der Waals surface area contributed by atoms with Gasteiger partial charge in [-0.15, -0.1) is 0 Å². The maximum atomic E-state index is 12.9. The smallest absolute Gasteiger partial charge is 0.270 e. The first-order chi connectivity index (χ1) is 12.1. The van der Waals surface area contributed by atoms with Gasteiger partial charge in [0.15, 0.2) is 0 Å². The van der Waals surface area contributed by atoms with Crippen molar-refractivity contribution in [3.63, 3.8) is 0 Å². The molecule has 0 aromatic carbocycles. The lowest BCUT2D eigenvalue weighted by Gasteiger charge is -2.27. The highest BCUT2D eigenvalue weighted by Gasteiger charge is 2.26. The summed E-state index contributed by atoms with van der Waals surface area (Å²) in [5, 5.41) is 0. The van der Waals surface area contributed by atoms with Gasteiger partial charge in [0.1, 0.15) is 11.2 Å². The normalized spacial score (nSPS) is 12.1. The van der Waals surface area contributed by atoms with E-state index in [4.69, 9.17) is 4.74 Å². The monoisotopic (exact) mass is 338 g/mol. The molecule has 7 heteroatoms. The Balaban J connectivity index is 1.99. The van der Waals surface area contributed by atoms with Crippen LogP contribution in [-0.4, -0.2) is 45.9 Å². The molecule has 0 aliphatic rings. The number of rotatable bonds is 5. The third kappa shape index (κ3) is 3.27. The third-order valence-corrected chi connectivity index (χ3v) is 3.99. The molecule has 0 saturated heterocycles. The zero-order valence-corrected chi connectivity index (χ0v) is 14.0. The van der Waals surface area contributed by atoms with Crippen molar-refractivity contribution in [1.82, 2.24) is 19.3 Å². The first-order valence-electron chi connectivity index (χ1n) is 7.77. The van der Waals surface area contributed by atoms with Gasteiger partial charge >= 0.3 is 0 Å². The topological polar surface area (TPSA) is 76.8 Å². The maximum absolute atomic E-state index is 12.9. The van der Waals surface area contributed by atoms with Crippen molar-refractivity contribution in [3.8, 4) is 0 Å². The molecule has 3 rings (SSSR count). The third-order valence-electron chi connectivity index (χ3n) is 3.99. The van der Waals surface area contributed by atoms with Crippen LogP contribution in [0, 0.1) is 0 Å². The van der Waals surface area contributed by atoms with Crippen LogP contribution in [0.4, 0.5) is 0 Å². The lowest BCUT2D eigenvalue weighted by molar-refractivity contribution is 0.0593. The fourth-order valence-electron chi connectivity index (χ4n) is 2.63. The fourth-order valence-corrected chi connectivity index (χ4v) is 2.63. The lowest BCUT2D eigenvalue weighted by Crippen LogP contribution is -2.37. The van der Waals surface area contributed by atoms with E-state index in [1.165, 1.54) is 15.5 Å². The maximum Gasteiger partial charge on any atom is 0.270 e. The number of fused-ring (bicyclic) bond motifs is 1. The Bertz CT molecular complexity index is 940. The van der Waals surface area contributed by atoms with Crippen molar-refractivity contribution in [2.45, 2.75) is 6.04 Å². The number of hydrogen-bond acceptors (Lipinski definition) is 5. The molecule has 3 aromatic heterocycles. The Morgan fingerprint density at radius 3 is 2.76 bits per heavy atom. The molecule has 1 amide bonds. The number of ether oxygens (including phenoxy) is 1. The van der Waals surface area contributed by atoms with Crippen molar-refractivity contribution in [3.05, 3.63) is 76.6 Å². The van der Waals surface area contributed by atoms with Gasteiger partial charge in [-0.2, -0.15) is 0 Å². The lowest BCUT2D eigenvalue weighted by atomic mass is 10.1. The van der Waals surface area contributed by atoms with Crippen LogP contribution in [0.25, 0.3) is 5.65 Å². The molecule has 0 N–H and O–H groups in total. The van der Waals surface area contributed by atoms with Crippen molar-refractivity contribution in [1.29, 1.82) is 0 Å². The number of likely N-dealkylation sites (N-methyl/N-ethyl adjacent to an activating group) is 1. The van der Waals surface area contributed by atoms with Gasteiger partial charge in [0.05, 0.1) is 18.3 Å². The van der Waals surface area contributed by atoms with Gasteiger partial charge in [0, 0.05) is 32.7 Å². The van der Waals surface area contributed by atoms with E-state index in [0.29, 0.717) is 11.3 Å². The summed E-state index contributed by atoms with van der Waals surface area (Å²) in [6.45, 7) is 0.265. The molecule has 0 aliphatic heterocycles. The molecule has 3 aromatic rings. The zero-order valence-electron chi connectivity index (χ0n) is 14.0. The molecule has 7 nitrogen and oxygen atoms in total. The van der Waals surface area contributed by atoms with E-state index in [-0.39, 0.29) is 12.2 Å². The van der Waals surface area contributed by atoms with Crippen LogP contribution in [0.5, 0.6) is 0 Å². The second-order valence-corrected chi connectivity index (χ2v) is 5.55. The second kappa shape index (κ2) is 7.23. The highest BCUT2D eigenvalue weighted by molar-refractivity contribution is 5.93. The highest BCUT2D eigenvalue weighted by atomic mass is 16.5. The Kier molecular flexibility index (Phi) is 4.85. The minimum atomic E-state index is -0.427. The summed E-state index contributed by atoms with van der Waals surface area (Å²) in [4.78, 5) is 35.5. The molecular weight excluding hydrogens is 320 g/mol. The molecule has 128 valence electrons. The highest BCUT2D eigenvalue weighted by Crippen LogP contribution is 2.19. The second-order valence-electron chi connectivity index (χ2n) is 5.55. The minimum Gasteiger partial charge on any atom is -0.382 e. The summed E-state index contributed by atoms with van der Waals surface area (Å²) < 4.78 is 6.59. The van der Waals surface area contributed by atoms with E-state index in [2.05, 4.69) is 9.97 Å². The van der Waals surface area contributed by atoms with E-state index in [1.54, 1.807) is 50.8 Å². The number of carbonyl (C=O) groups excluding carboxylic acids is 1. The summed E-state index contributed by atoms with van der Waals surface area (Å²) in [5.41, 5.74) is 0.779. The molecular formula is C18H18N4O3. The van der Waals surface area contributed by atoms with E-state index in [1.807, 2.05) is 12.1 Å². The van der Waals surface area contributed by atoms with Crippen molar-refractivity contribution in [2.75, 3.05) is 20.8 Å². The fraction of sp³-hybridized carbons (Fsp3) is 0.222. The molecule has 0 saturated carbocycles. The molecule has 3 heterocycles. The van der Waals surface area contributed by atoms with Crippen LogP contribution < -0.4 is 5.56 Å². The van der Waals surface area contributed by atoms with Crippen LogP contribution in [-0.2, 0) is 4.74 Å². The number of amides is 1. The summed E-state index contributed by atoms with van der Waals surface area (Å²) >= 11 is 0. The quantitative estimate of drug-likeness (QED) is 0.705. The predicted molar refractivity (Wildman–Crippen MR) is 92.4 cm³/mol. The van der Waals surface area contributed by atoms with E-state index in [0.717, 1.165) is 0 Å². The molecule has 0 fully saturated rings. The number of carbonyl (C=O) groups is 1. The molecule has 0 radical (unpaired) electrons. The molecule has 25 heavy (non-hydrogen) atoms. The van der Waals surface area contributed by atoms with Crippen molar-refractivity contribution >= 4 is 11.6 Å². The predicted octanol–water partition coefficient (Wildman–Crippen LogP) is 1.55. The van der Waals surface area contributed by atoms with Gasteiger partial charge in [0.2, 0.25) is 0 Å². The summed E-state index contributed by atoms with van der Waals surface area (Å²) in [5.74, 6) is -0.427. The Morgan fingerprint density at radius 2 is 2.04 bits per heavy atom. The first kappa shape index (κ1) is 16.8. The average molecular weight is 338 g/mol. The number of nitrogens with zero attached hydrogens (tertiary/aromatic N) is 4. The summed E-state index contributed by atoms with van der Waals surface area (Å²) in [6.07, 6.45) is 4.56. The van der Waals surface area contributed by atoms with E-state index < -0.39 is 17.5 Å². The average Bonchev–Trinajstić information content (AvgIpc) is 2.66. The summed E-state index contributed by atoms with van der Waals surface area (Å²) in [7, 11) is 3.18. The van der Waals surface area contributed by atoms with Crippen LogP contribution in [0.15, 0.2) is 59.8 Å². The Morgan fingerprint density at radius 1 is 1.24 bits per heavy atom. The zero-order chi connectivity index (χ0) is 17.8. The van der Waals surface area contributed by atoms with Crippen LogP contribution in [0.1, 0.15) is 22.1 Å². The van der Waals surface area contributed by atoms with Gasteiger partial charge in [-0.05, 0) is 24.3 Å². The SMILES string of the molecule is COC[C@@H](c1ccccn1)N(C)C(=O)c1cnc2ccccn2c1=O. The summed E-state index contributed by atoms with van der Waals surface area (Å²) in [6, 6.07) is 10.3. The standard InChI is InChI=1S/C18H18N4O3/c1-21(15(12-25-2)14-7-3-5-9-19-14)17(23)13-11-20-16-8-4-6-10-22(16)18(13)24/h3-11,15H,12H2,1-2H3/t15-/m0/s1. The van der Waals surface area contributed by atoms with E-state index >= 15 is 0 Å². The van der Waals surface area contributed by atoms with Gasteiger partial charge in [-0.25, -0.2) is 4.98 Å². The van der Waals surface area contributed by atoms with Gasteiger partial charge in [-0.1, -0.05) is 12.1 Å². The van der Waals surface area contributed by atoms with Crippen LogP contribution in [0.2, 0.25) is 0 Å². The molecule has 0 aliphatic carbocycles. The minimum absolute atomic E-state index is 0.00299. The Labute approximate surface area is 144 Å². The molecule has 0 spiro atoms. The van der Waals surface area contributed by atoms with Gasteiger partial charge in [-0.3, -0.25) is 19.0 Å². The number of methoxy groups -OCH3 is 1. The van der Waals surface area contributed by atoms with Crippen LogP contribution >= 0.6 is 0 Å².